The molecule has 1 heterocycles. The van der Waals surface area contributed by atoms with Crippen molar-refractivity contribution in [3.63, 3.8) is 0 Å². The molecule has 1 fully saturated rings. The first-order valence-electron chi connectivity index (χ1n) is 4.78. The molecule has 0 radical (unpaired) electrons. The molecule has 0 atom stereocenters. The Morgan fingerprint density at radius 3 is 2.79 bits per heavy atom. The van der Waals surface area contributed by atoms with Crippen molar-refractivity contribution in [1.82, 2.24) is 5.32 Å². The molecule has 2 rings (SSSR count). The SMILES string of the molecule is Cc1ccc(C(=O)NC2CC(N)C2)s1. The van der Waals surface area contributed by atoms with Crippen LogP contribution in [0, 0.1) is 6.92 Å². The zero-order valence-corrected chi connectivity index (χ0v) is 8.93. The van der Waals surface area contributed by atoms with Crippen LogP contribution in [0.5, 0.6) is 0 Å². The Kier molecular flexibility index (Phi) is 2.56. The molecule has 3 nitrogen and oxygen atoms in total. The van der Waals surface area contributed by atoms with E-state index in [0.717, 1.165) is 17.7 Å². The van der Waals surface area contributed by atoms with Crippen LogP contribution in [-0.4, -0.2) is 18.0 Å². The summed E-state index contributed by atoms with van der Waals surface area (Å²) in [5.41, 5.74) is 5.64. The Bertz CT molecular complexity index is 342. The van der Waals surface area contributed by atoms with Crippen molar-refractivity contribution < 1.29 is 4.79 Å². The summed E-state index contributed by atoms with van der Waals surface area (Å²) in [5.74, 6) is 0.0417. The lowest BCUT2D eigenvalue weighted by atomic mass is 9.87. The Balaban J connectivity index is 1.90. The number of thiophene rings is 1. The summed E-state index contributed by atoms with van der Waals surface area (Å²) >= 11 is 1.53. The van der Waals surface area contributed by atoms with Crippen LogP contribution >= 0.6 is 11.3 Å². The van der Waals surface area contributed by atoms with Gasteiger partial charge in [-0.1, -0.05) is 0 Å². The maximum absolute atomic E-state index is 11.6. The monoisotopic (exact) mass is 210 g/mol. The number of nitrogens with two attached hydrogens (primary N) is 1. The second-order valence-electron chi connectivity index (χ2n) is 3.81. The van der Waals surface area contributed by atoms with Gasteiger partial charge in [0.25, 0.3) is 5.91 Å². The van der Waals surface area contributed by atoms with Crippen molar-refractivity contribution in [1.29, 1.82) is 0 Å². The van der Waals surface area contributed by atoms with E-state index in [2.05, 4.69) is 5.32 Å². The zero-order valence-electron chi connectivity index (χ0n) is 8.12. The average Bonchev–Trinajstić information content (AvgIpc) is 2.49. The van der Waals surface area contributed by atoms with Gasteiger partial charge in [0.1, 0.15) is 0 Å². The first kappa shape index (κ1) is 9.68. The Morgan fingerprint density at radius 2 is 2.29 bits per heavy atom. The van der Waals surface area contributed by atoms with Gasteiger partial charge in [-0.05, 0) is 31.9 Å². The number of amides is 1. The van der Waals surface area contributed by atoms with E-state index in [-0.39, 0.29) is 11.9 Å². The number of carbonyl (C=O) groups is 1. The first-order valence-corrected chi connectivity index (χ1v) is 5.59. The minimum Gasteiger partial charge on any atom is -0.348 e. The fourth-order valence-corrected chi connectivity index (χ4v) is 2.36. The molecule has 76 valence electrons. The van der Waals surface area contributed by atoms with E-state index < -0.39 is 0 Å². The highest BCUT2D eigenvalue weighted by Gasteiger charge is 2.27. The lowest BCUT2D eigenvalue weighted by molar-refractivity contribution is 0.0914. The molecule has 3 N–H and O–H groups in total. The van der Waals surface area contributed by atoms with Crippen LogP contribution in [0.4, 0.5) is 0 Å². The largest absolute Gasteiger partial charge is 0.348 e. The van der Waals surface area contributed by atoms with Crippen LogP contribution in [0.2, 0.25) is 0 Å². The molecule has 1 amide bonds. The third-order valence-corrected chi connectivity index (χ3v) is 3.47. The number of hydrogen-bond donors (Lipinski definition) is 2. The lowest BCUT2D eigenvalue weighted by Gasteiger charge is -2.32. The predicted octanol–water partition coefficient (Wildman–Crippen LogP) is 1.28. The highest BCUT2D eigenvalue weighted by atomic mass is 32.1. The van der Waals surface area contributed by atoms with Crippen molar-refractivity contribution in [3.05, 3.63) is 21.9 Å². The second kappa shape index (κ2) is 3.71. The quantitative estimate of drug-likeness (QED) is 0.772. The van der Waals surface area contributed by atoms with E-state index in [1.165, 1.54) is 16.2 Å². The van der Waals surface area contributed by atoms with Crippen molar-refractivity contribution in [2.24, 2.45) is 5.73 Å². The second-order valence-corrected chi connectivity index (χ2v) is 5.10. The van der Waals surface area contributed by atoms with Gasteiger partial charge in [0, 0.05) is 17.0 Å². The van der Waals surface area contributed by atoms with Gasteiger partial charge in [0.2, 0.25) is 0 Å². The normalized spacial score (nSPS) is 25.6. The van der Waals surface area contributed by atoms with E-state index in [9.17, 15) is 4.79 Å². The van der Waals surface area contributed by atoms with Crippen LogP contribution in [0.25, 0.3) is 0 Å². The van der Waals surface area contributed by atoms with Gasteiger partial charge >= 0.3 is 0 Å². The van der Waals surface area contributed by atoms with Gasteiger partial charge in [0.15, 0.2) is 0 Å². The summed E-state index contributed by atoms with van der Waals surface area (Å²) in [5, 5.41) is 2.97. The van der Waals surface area contributed by atoms with Gasteiger partial charge < -0.3 is 11.1 Å². The van der Waals surface area contributed by atoms with E-state index in [0.29, 0.717) is 6.04 Å². The summed E-state index contributed by atoms with van der Waals surface area (Å²) < 4.78 is 0. The molecule has 4 heteroatoms. The third kappa shape index (κ3) is 1.96. The molecule has 14 heavy (non-hydrogen) atoms. The first-order chi connectivity index (χ1) is 6.65. The van der Waals surface area contributed by atoms with Crippen LogP contribution in [0.3, 0.4) is 0 Å². The average molecular weight is 210 g/mol. The molecular formula is C10H14N2OS. The van der Waals surface area contributed by atoms with Gasteiger partial charge in [-0.3, -0.25) is 4.79 Å². The van der Waals surface area contributed by atoms with E-state index in [1.807, 2.05) is 19.1 Å². The highest BCUT2D eigenvalue weighted by molar-refractivity contribution is 7.13. The minimum absolute atomic E-state index is 0.0417. The number of carbonyl (C=O) groups excluding carboxylic acids is 1. The molecule has 1 aromatic rings. The maximum Gasteiger partial charge on any atom is 0.261 e. The molecule has 1 aliphatic carbocycles. The van der Waals surface area contributed by atoms with Crippen molar-refractivity contribution in [2.75, 3.05) is 0 Å². The predicted molar refractivity (Wildman–Crippen MR) is 57.5 cm³/mol. The van der Waals surface area contributed by atoms with Gasteiger partial charge in [-0.15, -0.1) is 11.3 Å². The van der Waals surface area contributed by atoms with Crippen molar-refractivity contribution in [2.45, 2.75) is 31.8 Å². The van der Waals surface area contributed by atoms with E-state index in [1.54, 1.807) is 0 Å². The number of hydrogen-bond acceptors (Lipinski definition) is 3. The molecule has 0 saturated heterocycles. The summed E-state index contributed by atoms with van der Waals surface area (Å²) in [6.45, 7) is 2.00. The smallest absolute Gasteiger partial charge is 0.261 e. The Hall–Kier alpha value is -0.870. The number of rotatable bonds is 2. The molecule has 1 aromatic heterocycles. The molecule has 1 saturated carbocycles. The fourth-order valence-electron chi connectivity index (χ4n) is 1.59. The standard InChI is InChI=1S/C10H14N2OS/c1-6-2-3-9(14-6)10(13)12-8-4-7(11)5-8/h2-3,7-8H,4-5,11H2,1H3,(H,12,13). The van der Waals surface area contributed by atoms with Gasteiger partial charge in [-0.25, -0.2) is 0 Å². The van der Waals surface area contributed by atoms with Crippen LogP contribution < -0.4 is 11.1 Å². The van der Waals surface area contributed by atoms with E-state index >= 15 is 0 Å². The minimum atomic E-state index is 0.0417. The maximum atomic E-state index is 11.6. The Labute approximate surface area is 87.3 Å². The molecule has 0 aromatic carbocycles. The number of aryl methyl sites for hydroxylation is 1. The Morgan fingerprint density at radius 1 is 1.57 bits per heavy atom. The molecule has 1 aliphatic rings. The topological polar surface area (TPSA) is 55.1 Å². The van der Waals surface area contributed by atoms with E-state index in [4.69, 9.17) is 5.73 Å². The van der Waals surface area contributed by atoms with Crippen molar-refractivity contribution >= 4 is 17.2 Å². The van der Waals surface area contributed by atoms with Gasteiger partial charge in [-0.2, -0.15) is 0 Å². The van der Waals surface area contributed by atoms with Crippen LogP contribution in [0.15, 0.2) is 12.1 Å². The summed E-state index contributed by atoms with van der Waals surface area (Å²) in [7, 11) is 0. The fraction of sp³-hybridized carbons (Fsp3) is 0.500. The van der Waals surface area contributed by atoms with Crippen molar-refractivity contribution in [3.8, 4) is 0 Å². The lowest BCUT2D eigenvalue weighted by Crippen LogP contribution is -2.50. The summed E-state index contributed by atoms with van der Waals surface area (Å²) in [6, 6.07) is 4.41. The molecular weight excluding hydrogens is 196 g/mol. The number of nitrogens with one attached hydrogen (secondary N) is 1. The summed E-state index contributed by atoms with van der Waals surface area (Å²) in [4.78, 5) is 13.6. The molecule has 0 spiro atoms. The highest BCUT2D eigenvalue weighted by Crippen LogP contribution is 2.20. The molecule has 0 aliphatic heterocycles. The molecule has 0 bridgehead atoms. The third-order valence-electron chi connectivity index (χ3n) is 2.47. The van der Waals surface area contributed by atoms with Gasteiger partial charge in [0.05, 0.1) is 4.88 Å². The van der Waals surface area contributed by atoms with Crippen LogP contribution in [-0.2, 0) is 0 Å². The van der Waals surface area contributed by atoms with Crippen LogP contribution in [0.1, 0.15) is 27.4 Å². The zero-order chi connectivity index (χ0) is 10.1. The molecule has 0 unspecified atom stereocenters. The summed E-state index contributed by atoms with van der Waals surface area (Å²) in [6.07, 6.45) is 1.83.